The molecule has 1 aromatic carbocycles. The van der Waals surface area contributed by atoms with Gasteiger partial charge in [0.1, 0.15) is 11.4 Å². The maximum atomic E-state index is 12.6. The summed E-state index contributed by atoms with van der Waals surface area (Å²) in [4.78, 5) is 11.5. The lowest BCUT2D eigenvalue weighted by Crippen LogP contribution is -2.43. The minimum atomic E-state index is -1.30. The van der Waals surface area contributed by atoms with Crippen LogP contribution in [0.15, 0.2) is 24.3 Å². The van der Waals surface area contributed by atoms with Gasteiger partial charge in [0.25, 0.3) is 0 Å². The summed E-state index contributed by atoms with van der Waals surface area (Å²) in [6.45, 7) is 1.03. The first-order valence-corrected chi connectivity index (χ1v) is 5.77. The summed E-state index contributed by atoms with van der Waals surface area (Å²) < 4.78 is 12.6. The van der Waals surface area contributed by atoms with Crippen molar-refractivity contribution in [2.75, 3.05) is 13.2 Å². The number of carbonyl (C=O) groups excluding carboxylic acids is 1. The van der Waals surface area contributed by atoms with Crippen molar-refractivity contribution >= 4 is 5.91 Å². The Kier molecular flexibility index (Phi) is 5.25. The first-order valence-electron chi connectivity index (χ1n) is 5.77. The fourth-order valence-corrected chi connectivity index (χ4v) is 1.34. The Bertz CT molecular complexity index is 390. The van der Waals surface area contributed by atoms with Crippen molar-refractivity contribution < 1.29 is 19.4 Å². The third-order valence-electron chi connectivity index (χ3n) is 2.56. The van der Waals surface area contributed by atoms with Crippen LogP contribution in [0.1, 0.15) is 18.9 Å². The van der Waals surface area contributed by atoms with Crippen LogP contribution in [0.4, 0.5) is 4.39 Å². The van der Waals surface area contributed by atoms with E-state index in [1.807, 2.05) is 0 Å². The molecule has 0 heterocycles. The number of carbonyl (C=O) groups is 1. The van der Waals surface area contributed by atoms with Crippen molar-refractivity contribution in [3.05, 3.63) is 35.6 Å². The van der Waals surface area contributed by atoms with Crippen LogP contribution >= 0.6 is 0 Å². The van der Waals surface area contributed by atoms with E-state index in [4.69, 9.17) is 5.11 Å². The molecule has 3 N–H and O–H groups in total. The third kappa shape index (κ3) is 5.25. The zero-order valence-electron chi connectivity index (χ0n) is 10.3. The number of nitrogens with one attached hydrogen (secondary N) is 1. The zero-order chi connectivity index (χ0) is 13.6. The molecule has 1 atom stereocenters. The number of amides is 1. The van der Waals surface area contributed by atoms with Gasteiger partial charge in [0.05, 0.1) is 6.61 Å². The number of hydrogen-bond donors (Lipinski definition) is 3. The van der Waals surface area contributed by atoms with Crippen LogP contribution in [-0.4, -0.2) is 34.9 Å². The van der Waals surface area contributed by atoms with Crippen molar-refractivity contribution in [2.24, 2.45) is 0 Å². The first kappa shape index (κ1) is 14.6. The molecular weight excluding hydrogens is 237 g/mol. The smallest absolute Gasteiger partial charge is 0.220 e. The van der Waals surface area contributed by atoms with Gasteiger partial charge in [0.15, 0.2) is 0 Å². The molecule has 0 spiro atoms. The third-order valence-corrected chi connectivity index (χ3v) is 2.56. The summed E-state index contributed by atoms with van der Waals surface area (Å²) in [6.07, 6.45) is 0.764. The Labute approximate surface area is 105 Å². The minimum Gasteiger partial charge on any atom is -0.393 e. The molecule has 0 bridgehead atoms. The quantitative estimate of drug-likeness (QED) is 0.698. The van der Waals surface area contributed by atoms with Gasteiger partial charge >= 0.3 is 0 Å². The van der Waals surface area contributed by atoms with E-state index in [2.05, 4.69) is 5.32 Å². The van der Waals surface area contributed by atoms with E-state index < -0.39 is 12.2 Å². The van der Waals surface area contributed by atoms with Gasteiger partial charge < -0.3 is 15.5 Å². The number of aliphatic hydroxyl groups is 2. The molecule has 0 saturated carbocycles. The summed E-state index contributed by atoms with van der Waals surface area (Å²) in [5, 5.41) is 20.8. The van der Waals surface area contributed by atoms with Gasteiger partial charge in [-0.25, -0.2) is 4.39 Å². The van der Waals surface area contributed by atoms with E-state index in [0.717, 1.165) is 5.56 Å². The number of aliphatic hydroxyl groups excluding tert-OH is 1. The highest BCUT2D eigenvalue weighted by atomic mass is 19.1. The van der Waals surface area contributed by atoms with E-state index in [0.29, 0.717) is 6.42 Å². The Morgan fingerprint density at radius 1 is 1.39 bits per heavy atom. The maximum absolute atomic E-state index is 12.6. The summed E-state index contributed by atoms with van der Waals surface area (Å²) in [6, 6.07) is 5.96. The molecule has 0 saturated heterocycles. The predicted molar refractivity (Wildman–Crippen MR) is 65.4 cm³/mol. The Morgan fingerprint density at radius 3 is 2.56 bits per heavy atom. The summed E-state index contributed by atoms with van der Waals surface area (Å²) in [5.74, 6) is -0.518. The highest BCUT2D eigenvalue weighted by molar-refractivity contribution is 5.76. The van der Waals surface area contributed by atoms with Crippen molar-refractivity contribution in [2.45, 2.75) is 25.4 Å². The number of hydrogen-bond acceptors (Lipinski definition) is 3. The van der Waals surface area contributed by atoms with Gasteiger partial charge in [-0.05, 0) is 31.0 Å². The normalized spacial score (nSPS) is 14.0. The lowest BCUT2D eigenvalue weighted by molar-refractivity contribution is -0.122. The molecule has 0 aliphatic heterocycles. The molecule has 0 aliphatic carbocycles. The monoisotopic (exact) mass is 255 g/mol. The van der Waals surface area contributed by atoms with Crippen LogP contribution in [-0.2, 0) is 11.2 Å². The SMILES string of the molecule is CC(O)(CO)CNC(=O)CCc1ccc(F)cc1. The van der Waals surface area contributed by atoms with Crippen molar-refractivity contribution in [3.8, 4) is 0 Å². The zero-order valence-corrected chi connectivity index (χ0v) is 10.3. The Balaban J connectivity index is 2.31. The van der Waals surface area contributed by atoms with Crippen LogP contribution in [0.25, 0.3) is 0 Å². The molecule has 0 aromatic heterocycles. The molecule has 0 radical (unpaired) electrons. The molecule has 1 aromatic rings. The lowest BCUT2D eigenvalue weighted by atomic mass is 10.1. The highest BCUT2D eigenvalue weighted by Crippen LogP contribution is 2.05. The van der Waals surface area contributed by atoms with Gasteiger partial charge in [-0.15, -0.1) is 0 Å². The summed E-state index contributed by atoms with van der Waals surface area (Å²) in [7, 11) is 0. The van der Waals surface area contributed by atoms with Crippen molar-refractivity contribution in [3.63, 3.8) is 0 Å². The fourth-order valence-electron chi connectivity index (χ4n) is 1.34. The van der Waals surface area contributed by atoms with Gasteiger partial charge in [0.2, 0.25) is 5.91 Å². The molecule has 0 fully saturated rings. The van der Waals surface area contributed by atoms with Crippen LogP contribution in [0.5, 0.6) is 0 Å². The van der Waals surface area contributed by atoms with Crippen LogP contribution in [0, 0.1) is 5.82 Å². The lowest BCUT2D eigenvalue weighted by Gasteiger charge is -2.20. The second kappa shape index (κ2) is 6.47. The molecule has 18 heavy (non-hydrogen) atoms. The Hall–Kier alpha value is -1.46. The Morgan fingerprint density at radius 2 is 2.00 bits per heavy atom. The standard InChI is InChI=1S/C13H18FNO3/c1-13(18,9-16)8-15-12(17)7-4-10-2-5-11(14)6-3-10/h2-3,5-6,16,18H,4,7-9H2,1H3,(H,15,17). The number of rotatable bonds is 6. The van der Waals surface area contributed by atoms with E-state index in [1.54, 1.807) is 12.1 Å². The average molecular weight is 255 g/mol. The first-order chi connectivity index (χ1) is 8.43. The average Bonchev–Trinajstić information content (AvgIpc) is 2.36. The van der Waals surface area contributed by atoms with Crippen LogP contribution < -0.4 is 5.32 Å². The van der Waals surface area contributed by atoms with Gasteiger partial charge in [0, 0.05) is 13.0 Å². The van der Waals surface area contributed by atoms with Gasteiger partial charge in [-0.1, -0.05) is 12.1 Å². The summed E-state index contributed by atoms with van der Waals surface area (Å²) in [5.41, 5.74) is -0.425. The predicted octanol–water partition coefficient (Wildman–Crippen LogP) is 0.618. The van der Waals surface area contributed by atoms with E-state index in [-0.39, 0.29) is 24.7 Å². The maximum Gasteiger partial charge on any atom is 0.220 e. The van der Waals surface area contributed by atoms with Gasteiger partial charge in [-0.2, -0.15) is 0 Å². The minimum absolute atomic E-state index is 0.00571. The second-order valence-electron chi connectivity index (χ2n) is 4.56. The van der Waals surface area contributed by atoms with Crippen molar-refractivity contribution in [1.29, 1.82) is 0 Å². The molecule has 1 rings (SSSR count). The molecule has 0 aliphatic rings. The van der Waals surface area contributed by atoms with Crippen LogP contribution in [0.3, 0.4) is 0 Å². The van der Waals surface area contributed by atoms with Crippen molar-refractivity contribution in [1.82, 2.24) is 5.32 Å². The topological polar surface area (TPSA) is 69.6 Å². The van der Waals surface area contributed by atoms with E-state index >= 15 is 0 Å². The largest absolute Gasteiger partial charge is 0.393 e. The number of aryl methyl sites for hydroxylation is 1. The molecule has 1 unspecified atom stereocenters. The van der Waals surface area contributed by atoms with E-state index in [9.17, 15) is 14.3 Å². The molecule has 4 nitrogen and oxygen atoms in total. The number of halogens is 1. The van der Waals surface area contributed by atoms with Crippen LogP contribution in [0.2, 0.25) is 0 Å². The highest BCUT2D eigenvalue weighted by Gasteiger charge is 2.19. The van der Waals surface area contributed by atoms with Gasteiger partial charge in [-0.3, -0.25) is 4.79 Å². The molecule has 1 amide bonds. The molecule has 100 valence electrons. The van der Waals surface area contributed by atoms with E-state index in [1.165, 1.54) is 19.1 Å². The summed E-state index contributed by atoms with van der Waals surface area (Å²) >= 11 is 0. The second-order valence-corrected chi connectivity index (χ2v) is 4.56. The number of benzene rings is 1. The molecule has 5 heteroatoms. The molecular formula is C13H18FNO3. The fraction of sp³-hybridized carbons (Fsp3) is 0.462.